The lowest BCUT2D eigenvalue weighted by Gasteiger charge is -1.96. The Kier molecular flexibility index (Phi) is 6.11. The quantitative estimate of drug-likeness (QED) is 0.207. The van der Waals surface area contributed by atoms with Gasteiger partial charge in [-0.25, -0.2) is 0 Å². The van der Waals surface area contributed by atoms with Crippen LogP contribution in [0.2, 0.25) is 0 Å². The molecule has 0 aromatic heterocycles. The van der Waals surface area contributed by atoms with Crippen molar-refractivity contribution >= 4 is 0 Å². The zero-order valence-corrected chi connectivity index (χ0v) is 8.36. The third-order valence-corrected chi connectivity index (χ3v) is 1.66. The molecule has 0 atom stereocenters. The van der Waals surface area contributed by atoms with Gasteiger partial charge in [0.1, 0.15) is 5.76 Å². The van der Waals surface area contributed by atoms with Crippen molar-refractivity contribution < 1.29 is 9.66 Å². The van der Waals surface area contributed by atoms with Gasteiger partial charge in [-0.15, -0.1) is 0 Å². The molecule has 4 nitrogen and oxygen atoms in total. The van der Waals surface area contributed by atoms with E-state index in [1.54, 1.807) is 13.2 Å². The smallest absolute Gasteiger partial charge is 0.239 e. The summed E-state index contributed by atoms with van der Waals surface area (Å²) in [6.07, 6.45) is 5.51. The summed E-state index contributed by atoms with van der Waals surface area (Å²) in [4.78, 5) is 9.72. The van der Waals surface area contributed by atoms with Crippen LogP contribution in [0.25, 0.3) is 0 Å². The Morgan fingerprint density at radius 1 is 1.57 bits per heavy atom. The minimum atomic E-state index is -0.447. The summed E-state index contributed by atoms with van der Waals surface area (Å²) in [6.45, 7) is 6.94. The van der Waals surface area contributed by atoms with Gasteiger partial charge in [-0.3, -0.25) is 10.1 Å². The lowest BCUT2D eigenvalue weighted by Crippen LogP contribution is -1.95. The number of methoxy groups -OCH3 is 1. The van der Waals surface area contributed by atoms with E-state index in [4.69, 9.17) is 4.74 Å². The second kappa shape index (κ2) is 6.88. The van der Waals surface area contributed by atoms with Crippen LogP contribution in [0.3, 0.4) is 0 Å². The number of nitro groups is 1. The highest BCUT2D eigenvalue weighted by Crippen LogP contribution is 2.06. The summed E-state index contributed by atoms with van der Waals surface area (Å²) < 4.78 is 4.81. The number of rotatable bonds is 7. The fourth-order valence-electron chi connectivity index (χ4n) is 0.798. The Labute approximate surface area is 83.7 Å². The highest BCUT2D eigenvalue weighted by atomic mass is 16.6. The Balaban J connectivity index is 3.56. The molecule has 0 spiro atoms. The highest BCUT2D eigenvalue weighted by molar-refractivity contribution is 5.06. The van der Waals surface area contributed by atoms with Gasteiger partial charge < -0.3 is 4.74 Å². The fourth-order valence-corrected chi connectivity index (χ4v) is 0.798. The van der Waals surface area contributed by atoms with E-state index in [0.717, 1.165) is 6.42 Å². The second-order valence-corrected chi connectivity index (χ2v) is 2.79. The fraction of sp³-hybridized carbons (Fsp3) is 0.400. The van der Waals surface area contributed by atoms with Crippen LogP contribution in [-0.2, 0) is 4.74 Å². The number of hydrogen-bond acceptors (Lipinski definition) is 3. The molecule has 0 bridgehead atoms. The van der Waals surface area contributed by atoms with Crippen molar-refractivity contribution in [2.75, 3.05) is 7.11 Å². The third kappa shape index (κ3) is 5.99. The second-order valence-electron chi connectivity index (χ2n) is 2.79. The molecule has 0 aromatic carbocycles. The van der Waals surface area contributed by atoms with Crippen molar-refractivity contribution in [3.05, 3.63) is 46.9 Å². The molecule has 0 aliphatic carbocycles. The average Bonchev–Trinajstić information content (AvgIpc) is 2.16. The molecule has 0 radical (unpaired) electrons. The van der Waals surface area contributed by atoms with Gasteiger partial charge in [-0.1, -0.05) is 12.7 Å². The van der Waals surface area contributed by atoms with Gasteiger partial charge in [-0.05, 0) is 25.5 Å². The summed E-state index contributed by atoms with van der Waals surface area (Å²) in [5.74, 6) is 0.582. The first-order valence-electron chi connectivity index (χ1n) is 4.29. The van der Waals surface area contributed by atoms with Gasteiger partial charge in [0.15, 0.2) is 0 Å². The van der Waals surface area contributed by atoms with E-state index >= 15 is 0 Å². The van der Waals surface area contributed by atoms with Gasteiger partial charge >= 0.3 is 0 Å². The van der Waals surface area contributed by atoms with E-state index in [2.05, 4.69) is 13.2 Å². The molecule has 0 aromatic rings. The molecule has 0 fully saturated rings. The summed E-state index contributed by atoms with van der Waals surface area (Å²) in [5.41, 5.74) is 0.0592. The molecule has 4 heteroatoms. The van der Waals surface area contributed by atoms with Crippen LogP contribution in [0, 0.1) is 10.1 Å². The van der Waals surface area contributed by atoms with Crippen molar-refractivity contribution in [1.29, 1.82) is 0 Å². The summed E-state index contributed by atoms with van der Waals surface area (Å²) in [7, 11) is 1.54. The molecule has 0 saturated heterocycles. The van der Waals surface area contributed by atoms with Crippen molar-refractivity contribution in [3.63, 3.8) is 0 Å². The van der Waals surface area contributed by atoms with Crippen LogP contribution in [-0.4, -0.2) is 12.0 Å². The molecule has 0 amide bonds. The van der Waals surface area contributed by atoms with Crippen LogP contribution in [0.4, 0.5) is 0 Å². The Hall–Kier alpha value is -1.58. The molecule has 0 unspecified atom stereocenters. The van der Waals surface area contributed by atoms with Crippen LogP contribution in [0.5, 0.6) is 0 Å². The van der Waals surface area contributed by atoms with Crippen LogP contribution in [0.15, 0.2) is 36.8 Å². The standard InChI is InChI=1S/C10H15NO3/c1-9(11(12)13)7-5-4-6-8-10(2)14-3/h6,8H,1-2,4-5,7H2,3H3/b8-6+. The average molecular weight is 197 g/mol. The largest absolute Gasteiger partial charge is 0.497 e. The van der Waals surface area contributed by atoms with Crippen LogP contribution < -0.4 is 0 Å². The molecule has 0 aliphatic rings. The predicted molar refractivity (Wildman–Crippen MR) is 55.3 cm³/mol. The topological polar surface area (TPSA) is 52.4 Å². The lowest BCUT2D eigenvalue weighted by molar-refractivity contribution is -0.427. The minimum absolute atomic E-state index is 0.0592. The first-order valence-corrected chi connectivity index (χ1v) is 4.29. The van der Waals surface area contributed by atoms with Gasteiger partial charge in [0.05, 0.1) is 12.0 Å². The number of nitrogens with zero attached hydrogens (tertiary/aromatic N) is 1. The summed E-state index contributed by atoms with van der Waals surface area (Å²) in [6, 6.07) is 0. The van der Waals surface area contributed by atoms with Gasteiger partial charge in [0.2, 0.25) is 5.70 Å². The van der Waals surface area contributed by atoms with Crippen LogP contribution in [0.1, 0.15) is 19.3 Å². The SMILES string of the molecule is C=C(/C=C/CCCC(=C)[N+](=O)[O-])OC. The summed E-state index contributed by atoms with van der Waals surface area (Å²) >= 11 is 0. The first-order chi connectivity index (χ1) is 6.57. The molecule has 0 heterocycles. The van der Waals surface area contributed by atoms with Crippen molar-refractivity contribution in [2.24, 2.45) is 0 Å². The number of ether oxygens (including phenoxy) is 1. The molecular weight excluding hydrogens is 182 g/mol. The monoisotopic (exact) mass is 197 g/mol. The molecular formula is C10H15NO3. The van der Waals surface area contributed by atoms with E-state index in [-0.39, 0.29) is 5.70 Å². The number of hydrogen-bond donors (Lipinski definition) is 0. The minimum Gasteiger partial charge on any atom is -0.497 e. The molecule has 0 saturated carbocycles. The van der Waals surface area contributed by atoms with E-state index in [1.165, 1.54) is 0 Å². The highest BCUT2D eigenvalue weighted by Gasteiger charge is 2.03. The maximum absolute atomic E-state index is 10.2. The van der Waals surface area contributed by atoms with Gasteiger partial charge in [0.25, 0.3) is 0 Å². The van der Waals surface area contributed by atoms with E-state index in [1.807, 2.05) is 6.08 Å². The Bertz CT molecular complexity index is 256. The van der Waals surface area contributed by atoms with E-state index < -0.39 is 4.92 Å². The maximum Gasteiger partial charge on any atom is 0.239 e. The van der Waals surface area contributed by atoms with Crippen LogP contribution >= 0.6 is 0 Å². The van der Waals surface area contributed by atoms with Crippen molar-refractivity contribution in [2.45, 2.75) is 19.3 Å². The molecule has 0 aliphatic heterocycles. The van der Waals surface area contributed by atoms with E-state index in [0.29, 0.717) is 18.6 Å². The lowest BCUT2D eigenvalue weighted by atomic mass is 10.2. The number of allylic oxidation sites excluding steroid dienone is 3. The normalized spacial score (nSPS) is 10.1. The van der Waals surface area contributed by atoms with Crippen molar-refractivity contribution in [1.82, 2.24) is 0 Å². The zero-order chi connectivity index (χ0) is 11.0. The number of unbranched alkanes of at least 4 members (excludes halogenated alkanes) is 1. The molecule has 78 valence electrons. The summed E-state index contributed by atoms with van der Waals surface area (Å²) in [5, 5.41) is 10.2. The first kappa shape index (κ1) is 12.4. The predicted octanol–water partition coefficient (Wildman–Crippen LogP) is 2.66. The zero-order valence-electron chi connectivity index (χ0n) is 8.36. The van der Waals surface area contributed by atoms with Gasteiger partial charge in [0, 0.05) is 6.42 Å². The molecule has 14 heavy (non-hydrogen) atoms. The Morgan fingerprint density at radius 2 is 2.21 bits per heavy atom. The molecule has 0 rings (SSSR count). The maximum atomic E-state index is 10.2. The van der Waals surface area contributed by atoms with Gasteiger partial charge in [-0.2, -0.15) is 0 Å². The van der Waals surface area contributed by atoms with E-state index in [9.17, 15) is 10.1 Å². The third-order valence-electron chi connectivity index (χ3n) is 1.66. The Morgan fingerprint density at radius 3 is 2.71 bits per heavy atom. The van der Waals surface area contributed by atoms with Crippen molar-refractivity contribution in [3.8, 4) is 0 Å². The molecule has 0 N–H and O–H groups in total.